The topological polar surface area (TPSA) is 89.8 Å². The van der Waals surface area contributed by atoms with Crippen LogP contribution in [0.15, 0.2) is 71.6 Å². The number of rotatable bonds is 7. The largest absolute Gasteiger partial charge is 0.489 e. The standard InChI is InChI=1S/C24H16Cl2N2O5S/c25-18-9-8-17(20(26)12-18)14-33-19-6-3-4-15(10-19)11-22-23(29)27(24(30)34-22)13-16-5-1-2-7-21(16)28(31)32/h1-12H,13-14H2/b22-11-. The number of carbonyl (C=O) groups is 2. The van der Waals surface area contributed by atoms with E-state index in [4.69, 9.17) is 27.9 Å². The minimum Gasteiger partial charge on any atom is -0.489 e. The van der Waals surface area contributed by atoms with Crippen LogP contribution in [-0.2, 0) is 17.9 Å². The molecule has 34 heavy (non-hydrogen) atoms. The normalized spacial score (nSPS) is 14.6. The van der Waals surface area contributed by atoms with Gasteiger partial charge in [0.05, 0.1) is 16.4 Å². The highest BCUT2D eigenvalue weighted by atomic mass is 35.5. The summed E-state index contributed by atoms with van der Waals surface area (Å²) in [5, 5.41) is 11.8. The molecule has 1 saturated heterocycles. The molecule has 0 N–H and O–H groups in total. The van der Waals surface area contributed by atoms with E-state index < -0.39 is 16.1 Å². The molecule has 0 bridgehead atoms. The highest BCUT2D eigenvalue weighted by Crippen LogP contribution is 2.35. The van der Waals surface area contributed by atoms with Gasteiger partial charge in [0.15, 0.2) is 0 Å². The summed E-state index contributed by atoms with van der Waals surface area (Å²) in [7, 11) is 0. The second-order valence-corrected chi connectivity index (χ2v) is 9.09. The number of hydrogen-bond acceptors (Lipinski definition) is 6. The fraction of sp³-hybridized carbons (Fsp3) is 0.0833. The Labute approximate surface area is 209 Å². The molecule has 4 rings (SSSR count). The lowest BCUT2D eigenvalue weighted by molar-refractivity contribution is -0.385. The molecule has 1 fully saturated rings. The van der Waals surface area contributed by atoms with Gasteiger partial charge in [-0.05, 0) is 47.7 Å². The molecular weight excluding hydrogens is 499 g/mol. The summed E-state index contributed by atoms with van der Waals surface area (Å²) in [6.45, 7) is 0.0516. The molecule has 3 aromatic carbocycles. The first-order valence-electron chi connectivity index (χ1n) is 9.96. The van der Waals surface area contributed by atoms with E-state index in [9.17, 15) is 19.7 Å². The molecule has 2 amide bonds. The lowest BCUT2D eigenvalue weighted by Crippen LogP contribution is -2.27. The molecule has 0 saturated carbocycles. The molecule has 0 atom stereocenters. The van der Waals surface area contributed by atoms with E-state index in [1.807, 2.05) is 0 Å². The number of para-hydroxylation sites is 1. The SMILES string of the molecule is O=C1S/C(=C\c2cccc(OCc3ccc(Cl)cc3Cl)c2)C(=O)N1Cc1ccccc1[N+](=O)[O-]. The number of nitrogens with zero attached hydrogens (tertiary/aromatic N) is 2. The van der Waals surface area contributed by atoms with Crippen molar-refractivity contribution < 1.29 is 19.2 Å². The summed E-state index contributed by atoms with van der Waals surface area (Å²) >= 11 is 12.9. The van der Waals surface area contributed by atoms with Gasteiger partial charge in [-0.1, -0.05) is 59.6 Å². The van der Waals surface area contributed by atoms with Gasteiger partial charge < -0.3 is 4.74 Å². The van der Waals surface area contributed by atoms with Gasteiger partial charge >= 0.3 is 0 Å². The van der Waals surface area contributed by atoms with E-state index in [1.165, 1.54) is 18.2 Å². The number of thioether (sulfide) groups is 1. The molecule has 0 spiro atoms. The summed E-state index contributed by atoms with van der Waals surface area (Å²) < 4.78 is 5.81. The summed E-state index contributed by atoms with van der Waals surface area (Å²) in [5.41, 5.74) is 1.58. The first-order chi connectivity index (χ1) is 16.3. The molecular formula is C24H16Cl2N2O5S. The van der Waals surface area contributed by atoms with Crippen molar-refractivity contribution in [3.63, 3.8) is 0 Å². The quantitative estimate of drug-likeness (QED) is 0.197. The van der Waals surface area contributed by atoms with Crippen LogP contribution in [0.3, 0.4) is 0 Å². The Balaban J connectivity index is 1.48. The van der Waals surface area contributed by atoms with E-state index in [-0.39, 0.29) is 29.3 Å². The summed E-state index contributed by atoms with van der Waals surface area (Å²) in [5.74, 6) is 0.0475. The second kappa shape index (κ2) is 10.3. The molecule has 0 aliphatic carbocycles. The zero-order chi connectivity index (χ0) is 24.2. The molecule has 0 aromatic heterocycles. The van der Waals surface area contributed by atoms with Crippen molar-refractivity contribution in [2.24, 2.45) is 0 Å². The Bertz CT molecular complexity index is 1330. The highest BCUT2D eigenvalue weighted by Gasteiger charge is 2.36. The predicted molar refractivity (Wildman–Crippen MR) is 132 cm³/mol. The molecule has 7 nitrogen and oxygen atoms in total. The maximum Gasteiger partial charge on any atom is 0.293 e. The number of imide groups is 1. The van der Waals surface area contributed by atoms with Crippen LogP contribution >= 0.6 is 35.0 Å². The smallest absolute Gasteiger partial charge is 0.293 e. The summed E-state index contributed by atoms with van der Waals surface area (Å²) in [6.07, 6.45) is 1.59. The maximum absolute atomic E-state index is 12.9. The number of nitro groups is 1. The Morgan fingerprint density at radius 3 is 2.56 bits per heavy atom. The van der Waals surface area contributed by atoms with Crippen LogP contribution in [0.1, 0.15) is 16.7 Å². The predicted octanol–water partition coefficient (Wildman–Crippen LogP) is 6.72. The van der Waals surface area contributed by atoms with Gasteiger partial charge in [-0.25, -0.2) is 0 Å². The van der Waals surface area contributed by atoms with Crippen molar-refractivity contribution in [1.29, 1.82) is 0 Å². The first kappa shape index (κ1) is 23.8. The third-order valence-electron chi connectivity index (χ3n) is 4.96. The summed E-state index contributed by atoms with van der Waals surface area (Å²) in [4.78, 5) is 37.3. The molecule has 1 aliphatic heterocycles. The van der Waals surface area contributed by atoms with Gasteiger partial charge in [-0.15, -0.1) is 0 Å². The average molecular weight is 515 g/mol. The maximum atomic E-state index is 12.9. The van der Waals surface area contributed by atoms with Gasteiger partial charge in [0.2, 0.25) is 0 Å². The van der Waals surface area contributed by atoms with Crippen LogP contribution in [0, 0.1) is 10.1 Å². The number of amides is 2. The van der Waals surface area contributed by atoms with E-state index in [1.54, 1.807) is 54.6 Å². The lowest BCUT2D eigenvalue weighted by atomic mass is 10.1. The molecule has 0 unspecified atom stereocenters. The Morgan fingerprint density at radius 1 is 1.00 bits per heavy atom. The van der Waals surface area contributed by atoms with Gasteiger partial charge in [-0.2, -0.15) is 0 Å². The van der Waals surface area contributed by atoms with E-state index in [0.717, 1.165) is 22.2 Å². The average Bonchev–Trinajstić information content (AvgIpc) is 3.06. The van der Waals surface area contributed by atoms with Crippen molar-refractivity contribution in [1.82, 2.24) is 4.90 Å². The van der Waals surface area contributed by atoms with E-state index in [2.05, 4.69) is 0 Å². The summed E-state index contributed by atoms with van der Waals surface area (Å²) in [6, 6.07) is 18.2. The molecule has 0 radical (unpaired) electrons. The first-order valence-corrected chi connectivity index (χ1v) is 11.5. The van der Waals surface area contributed by atoms with Crippen molar-refractivity contribution in [3.8, 4) is 5.75 Å². The minimum absolute atomic E-state index is 0.142. The Kier molecular flexibility index (Phi) is 7.21. The molecule has 10 heteroatoms. The van der Waals surface area contributed by atoms with Crippen molar-refractivity contribution in [2.75, 3.05) is 0 Å². The highest BCUT2D eigenvalue weighted by molar-refractivity contribution is 8.18. The van der Waals surface area contributed by atoms with Crippen LogP contribution in [0.4, 0.5) is 10.5 Å². The Morgan fingerprint density at radius 2 is 1.79 bits per heavy atom. The van der Waals surface area contributed by atoms with Gasteiger partial charge in [0.25, 0.3) is 16.8 Å². The lowest BCUT2D eigenvalue weighted by Gasteiger charge is -2.12. The van der Waals surface area contributed by atoms with E-state index in [0.29, 0.717) is 21.4 Å². The molecule has 3 aromatic rings. The fourth-order valence-corrected chi connectivity index (χ4v) is 4.58. The number of benzene rings is 3. The van der Waals surface area contributed by atoms with Crippen molar-refractivity contribution in [3.05, 3.63) is 108 Å². The van der Waals surface area contributed by atoms with Crippen molar-refractivity contribution >= 4 is 57.9 Å². The van der Waals surface area contributed by atoms with Crippen LogP contribution in [0.5, 0.6) is 5.75 Å². The number of ether oxygens (including phenoxy) is 1. The number of hydrogen-bond donors (Lipinski definition) is 0. The van der Waals surface area contributed by atoms with Crippen molar-refractivity contribution in [2.45, 2.75) is 13.2 Å². The number of nitro benzene ring substituents is 1. The third kappa shape index (κ3) is 5.41. The fourth-order valence-electron chi connectivity index (χ4n) is 3.27. The number of carbonyl (C=O) groups excluding carboxylic acids is 2. The molecule has 1 heterocycles. The van der Waals surface area contributed by atoms with Crippen LogP contribution in [-0.4, -0.2) is 21.0 Å². The van der Waals surface area contributed by atoms with Crippen LogP contribution < -0.4 is 4.74 Å². The van der Waals surface area contributed by atoms with Crippen LogP contribution in [0.2, 0.25) is 10.0 Å². The van der Waals surface area contributed by atoms with Gasteiger partial charge in [0, 0.05) is 27.2 Å². The zero-order valence-corrected chi connectivity index (χ0v) is 19.8. The Hall–Kier alpha value is -3.33. The zero-order valence-electron chi connectivity index (χ0n) is 17.4. The second-order valence-electron chi connectivity index (χ2n) is 7.25. The van der Waals surface area contributed by atoms with Gasteiger partial charge in [-0.3, -0.25) is 24.6 Å². The van der Waals surface area contributed by atoms with E-state index >= 15 is 0 Å². The molecule has 172 valence electrons. The van der Waals surface area contributed by atoms with Gasteiger partial charge in [0.1, 0.15) is 12.4 Å². The third-order valence-corrected chi connectivity index (χ3v) is 6.45. The minimum atomic E-state index is -0.535. The van der Waals surface area contributed by atoms with Crippen LogP contribution in [0.25, 0.3) is 6.08 Å². The molecule has 1 aliphatic rings. The number of halogens is 2. The monoisotopic (exact) mass is 514 g/mol.